The highest BCUT2D eigenvalue weighted by Crippen LogP contribution is 2.36. The van der Waals surface area contributed by atoms with Crippen LogP contribution in [0.1, 0.15) is 38.5 Å². The van der Waals surface area contributed by atoms with Gasteiger partial charge in [0, 0.05) is 18.2 Å². The van der Waals surface area contributed by atoms with Crippen LogP contribution in [0.2, 0.25) is 0 Å². The van der Waals surface area contributed by atoms with Gasteiger partial charge in [-0.2, -0.15) is 8.42 Å². The van der Waals surface area contributed by atoms with Gasteiger partial charge in [-0.3, -0.25) is 14.5 Å². The zero-order valence-electron chi connectivity index (χ0n) is 18.8. The summed E-state index contributed by atoms with van der Waals surface area (Å²) in [5, 5.41) is 2.21. The molecule has 180 valence electrons. The van der Waals surface area contributed by atoms with Gasteiger partial charge in [0.15, 0.2) is 5.17 Å². The number of nitrogens with one attached hydrogen (secondary N) is 1. The molecule has 1 atom stereocenters. The maximum Gasteiger partial charge on any atom is 0.284 e. The molecule has 1 N–H and O–H groups in total. The van der Waals surface area contributed by atoms with Crippen molar-refractivity contribution in [3.8, 4) is 5.75 Å². The fourth-order valence-electron chi connectivity index (χ4n) is 4.16. The van der Waals surface area contributed by atoms with Crippen molar-refractivity contribution < 1.29 is 22.7 Å². The van der Waals surface area contributed by atoms with Crippen LogP contribution in [-0.2, 0) is 19.6 Å². The zero-order chi connectivity index (χ0) is 24.1. The number of anilines is 1. The third kappa shape index (κ3) is 5.61. The Hall–Kier alpha value is -2.85. The Morgan fingerprint density at radius 3 is 2.41 bits per heavy atom. The predicted molar refractivity (Wildman–Crippen MR) is 132 cm³/mol. The van der Waals surface area contributed by atoms with Crippen LogP contribution in [0.4, 0.5) is 5.69 Å². The predicted octanol–water partition coefficient (Wildman–Crippen LogP) is 4.05. The van der Waals surface area contributed by atoms with E-state index in [4.69, 9.17) is 4.74 Å². The SMILES string of the molecule is COc1ccc(NC(=O)C[C@@H]2SC(=NS(=O)(=O)c3ccccc3)N(C3CCCCC3)C2=O)cc1. The summed E-state index contributed by atoms with van der Waals surface area (Å²) in [5.41, 5.74) is 0.589. The third-order valence-electron chi connectivity index (χ3n) is 5.89. The lowest BCUT2D eigenvalue weighted by Crippen LogP contribution is -2.42. The minimum absolute atomic E-state index is 0.0693. The zero-order valence-corrected chi connectivity index (χ0v) is 20.5. The molecule has 0 spiro atoms. The summed E-state index contributed by atoms with van der Waals surface area (Å²) < 4.78 is 35.0. The third-order valence-corrected chi connectivity index (χ3v) is 8.44. The lowest BCUT2D eigenvalue weighted by Gasteiger charge is -2.30. The molecule has 0 aromatic heterocycles. The van der Waals surface area contributed by atoms with Crippen molar-refractivity contribution in [2.45, 2.75) is 54.7 Å². The van der Waals surface area contributed by atoms with E-state index in [1.807, 2.05) is 0 Å². The quantitative estimate of drug-likeness (QED) is 0.614. The molecule has 34 heavy (non-hydrogen) atoms. The highest BCUT2D eigenvalue weighted by Gasteiger charge is 2.43. The topological polar surface area (TPSA) is 105 Å². The monoisotopic (exact) mass is 501 g/mol. The largest absolute Gasteiger partial charge is 0.497 e. The maximum absolute atomic E-state index is 13.3. The molecule has 2 aromatic carbocycles. The molecule has 1 aliphatic carbocycles. The van der Waals surface area contributed by atoms with Crippen LogP contribution in [-0.4, -0.2) is 48.7 Å². The molecule has 2 fully saturated rings. The number of carbonyl (C=O) groups excluding carboxylic acids is 2. The van der Waals surface area contributed by atoms with Crippen molar-refractivity contribution in [2.24, 2.45) is 4.40 Å². The van der Waals surface area contributed by atoms with E-state index in [9.17, 15) is 18.0 Å². The summed E-state index contributed by atoms with van der Waals surface area (Å²) in [6.07, 6.45) is 4.54. The number of thioether (sulfide) groups is 1. The van der Waals surface area contributed by atoms with E-state index in [2.05, 4.69) is 9.71 Å². The first-order valence-corrected chi connectivity index (χ1v) is 13.5. The van der Waals surface area contributed by atoms with E-state index in [-0.39, 0.29) is 34.3 Å². The van der Waals surface area contributed by atoms with Gasteiger partial charge in [-0.15, -0.1) is 4.40 Å². The molecule has 1 saturated carbocycles. The van der Waals surface area contributed by atoms with Crippen LogP contribution in [0.5, 0.6) is 5.75 Å². The Kier molecular flexibility index (Phi) is 7.57. The van der Waals surface area contributed by atoms with E-state index in [0.717, 1.165) is 43.9 Å². The summed E-state index contributed by atoms with van der Waals surface area (Å²) in [6.45, 7) is 0. The first-order valence-electron chi connectivity index (χ1n) is 11.2. The van der Waals surface area contributed by atoms with Gasteiger partial charge in [0.25, 0.3) is 10.0 Å². The van der Waals surface area contributed by atoms with E-state index < -0.39 is 15.3 Å². The van der Waals surface area contributed by atoms with Gasteiger partial charge < -0.3 is 10.1 Å². The Labute approximate surface area is 203 Å². The Morgan fingerprint density at radius 1 is 1.09 bits per heavy atom. The average Bonchev–Trinajstić information content (AvgIpc) is 3.14. The van der Waals surface area contributed by atoms with Gasteiger partial charge in [0.1, 0.15) is 11.0 Å². The highest BCUT2D eigenvalue weighted by molar-refractivity contribution is 8.16. The van der Waals surface area contributed by atoms with Crippen LogP contribution in [0.15, 0.2) is 63.9 Å². The highest BCUT2D eigenvalue weighted by atomic mass is 32.2. The first-order chi connectivity index (χ1) is 16.4. The van der Waals surface area contributed by atoms with E-state index in [1.165, 1.54) is 17.0 Å². The van der Waals surface area contributed by atoms with Gasteiger partial charge in [0.05, 0.1) is 12.0 Å². The molecular weight excluding hydrogens is 474 g/mol. The van der Waals surface area contributed by atoms with Crippen molar-refractivity contribution in [3.63, 3.8) is 0 Å². The number of benzene rings is 2. The molecule has 0 radical (unpaired) electrons. The molecule has 0 unspecified atom stereocenters. The van der Waals surface area contributed by atoms with Gasteiger partial charge >= 0.3 is 0 Å². The van der Waals surface area contributed by atoms with Crippen LogP contribution in [0, 0.1) is 0 Å². The van der Waals surface area contributed by atoms with Crippen LogP contribution in [0.25, 0.3) is 0 Å². The second-order valence-electron chi connectivity index (χ2n) is 8.25. The smallest absolute Gasteiger partial charge is 0.284 e. The summed E-state index contributed by atoms with van der Waals surface area (Å²) in [4.78, 5) is 27.6. The second kappa shape index (κ2) is 10.6. The molecule has 2 aliphatic rings. The Morgan fingerprint density at radius 2 is 1.76 bits per heavy atom. The summed E-state index contributed by atoms with van der Waals surface area (Å²) in [5.74, 6) is 0.0821. The molecule has 0 bridgehead atoms. The van der Waals surface area contributed by atoms with Crippen molar-refractivity contribution in [3.05, 3.63) is 54.6 Å². The summed E-state index contributed by atoms with van der Waals surface area (Å²) in [7, 11) is -2.42. The van der Waals surface area contributed by atoms with Crippen molar-refractivity contribution >= 4 is 44.5 Å². The molecular formula is C24H27N3O5S2. The molecule has 2 amide bonds. The minimum Gasteiger partial charge on any atom is -0.497 e. The molecule has 1 saturated heterocycles. The van der Waals surface area contributed by atoms with Crippen molar-refractivity contribution in [1.82, 2.24) is 4.90 Å². The summed E-state index contributed by atoms with van der Waals surface area (Å²) in [6, 6.07) is 14.7. The number of sulfonamides is 1. The number of nitrogens with zero attached hydrogens (tertiary/aromatic N) is 2. The van der Waals surface area contributed by atoms with E-state index in [0.29, 0.717) is 11.4 Å². The Balaban J connectivity index is 1.54. The number of hydrogen-bond acceptors (Lipinski definition) is 6. The molecule has 1 heterocycles. The number of ether oxygens (including phenoxy) is 1. The van der Waals surface area contributed by atoms with Gasteiger partial charge in [0.2, 0.25) is 11.8 Å². The van der Waals surface area contributed by atoms with E-state index >= 15 is 0 Å². The van der Waals surface area contributed by atoms with Gasteiger partial charge in [-0.1, -0.05) is 49.2 Å². The van der Waals surface area contributed by atoms with Crippen LogP contribution < -0.4 is 10.1 Å². The summed E-state index contributed by atoms with van der Waals surface area (Å²) >= 11 is 1.05. The molecule has 4 rings (SSSR count). The van der Waals surface area contributed by atoms with Crippen LogP contribution in [0.3, 0.4) is 0 Å². The van der Waals surface area contributed by atoms with Gasteiger partial charge in [-0.05, 0) is 49.2 Å². The molecule has 10 heteroatoms. The van der Waals surface area contributed by atoms with Crippen LogP contribution >= 0.6 is 11.8 Å². The van der Waals surface area contributed by atoms with Gasteiger partial charge in [-0.25, -0.2) is 0 Å². The van der Waals surface area contributed by atoms with E-state index in [1.54, 1.807) is 49.6 Å². The first kappa shape index (κ1) is 24.3. The number of carbonyl (C=O) groups is 2. The second-order valence-corrected chi connectivity index (χ2v) is 11.0. The number of rotatable bonds is 7. The molecule has 2 aromatic rings. The number of amides is 2. The Bertz CT molecular complexity index is 1160. The molecule has 1 aliphatic heterocycles. The number of amidine groups is 1. The maximum atomic E-state index is 13.3. The fraction of sp³-hybridized carbons (Fsp3) is 0.375. The fourth-order valence-corrected chi connectivity index (χ4v) is 6.58. The average molecular weight is 502 g/mol. The number of methoxy groups -OCH3 is 1. The standard InChI is InChI=1S/C24H27N3O5S2/c1-32-19-14-12-17(13-15-19)25-22(28)16-21-23(29)27(18-8-4-2-5-9-18)24(33-21)26-34(30,31)20-10-6-3-7-11-20/h3,6-7,10-15,18,21H,2,4-5,8-9,16H2,1H3,(H,25,28)/t21-/m0/s1. The van der Waals surface area contributed by atoms with Crippen molar-refractivity contribution in [2.75, 3.05) is 12.4 Å². The van der Waals surface area contributed by atoms with Crippen molar-refractivity contribution in [1.29, 1.82) is 0 Å². The molecule has 8 nitrogen and oxygen atoms in total. The lowest BCUT2D eigenvalue weighted by atomic mass is 9.94. The minimum atomic E-state index is -3.98. The number of hydrogen-bond donors (Lipinski definition) is 1. The normalized spacial score (nSPS) is 20.5. The lowest BCUT2D eigenvalue weighted by molar-refractivity contribution is -0.130.